The predicted octanol–water partition coefficient (Wildman–Crippen LogP) is 3.86. The van der Waals surface area contributed by atoms with Gasteiger partial charge >= 0.3 is 24.3 Å². The van der Waals surface area contributed by atoms with Gasteiger partial charge in [-0.3, -0.25) is 4.89 Å². The molecule has 0 fully saturated rings. The van der Waals surface area contributed by atoms with Gasteiger partial charge in [0, 0.05) is 17.8 Å². The standard InChI is InChI=1S/C18H15P.HO8P3/c1-4-10-16(11-5-1)19(17-12-6-2-7-13-17)18-14-8-3-9-15-18;1-9(2)7-11(5,6)8-10(3)4/h1-15H;(H-2,1,2,3,4,5,6)/p+2. The molecule has 0 heterocycles. The first-order valence-electron chi connectivity index (χ1n) is 8.28. The summed E-state index contributed by atoms with van der Waals surface area (Å²) in [6.07, 6.45) is 0. The Morgan fingerprint density at radius 3 is 1.13 bits per heavy atom. The van der Waals surface area contributed by atoms with E-state index in [2.05, 4.69) is 99.6 Å². The monoisotopic (exact) mass is 486 g/mol. The Hall–Kier alpha value is -1.68. The first-order valence-corrected chi connectivity index (χ1v) is 13.4. The van der Waals surface area contributed by atoms with Crippen molar-refractivity contribution in [3.63, 3.8) is 0 Å². The molecule has 3 rings (SSSR count). The van der Waals surface area contributed by atoms with Crippen LogP contribution < -0.4 is 15.9 Å². The number of hydrogen-bond acceptors (Lipinski definition) is 5. The van der Waals surface area contributed by atoms with Crippen molar-refractivity contribution in [1.29, 1.82) is 0 Å². The van der Waals surface area contributed by atoms with Crippen LogP contribution in [0.3, 0.4) is 0 Å². The minimum atomic E-state index is -4.87. The molecule has 0 saturated heterocycles. The summed E-state index contributed by atoms with van der Waals surface area (Å²) in [6, 6.07) is 32.3. The van der Waals surface area contributed by atoms with Gasteiger partial charge in [0.25, 0.3) is 0 Å². The largest absolute Gasteiger partial charge is 0.705 e. The fourth-order valence-corrected chi connectivity index (χ4v) is 6.47. The topological polar surface area (TPSA) is 130 Å². The van der Waals surface area contributed by atoms with Gasteiger partial charge in [-0.1, -0.05) is 91.0 Å². The van der Waals surface area contributed by atoms with E-state index in [4.69, 9.17) is 14.7 Å². The van der Waals surface area contributed by atoms with Crippen LogP contribution in [-0.2, 0) is 22.3 Å². The number of phosphoric acid groups is 1. The highest BCUT2D eigenvalue weighted by atomic mass is 31.3. The van der Waals surface area contributed by atoms with Crippen molar-refractivity contribution in [2.75, 3.05) is 0 Å². The molecule has 0 amide bonds. The van der Waals surface area contributed by atoms with Crippen molar-refractivity contribution in [2.45, 2.75) is 0 Å². The zero-order valence-corrected chi connectivity index (χ0v) is 18.9. The molecule has 0 saturated carbocycles. The van der Waals surface area contributed by atoms with E-state index >= 15 is 0 Å². The van der Waals surface area contributed by atoms with Crippen LogP contribution in [0.25, 0.3) is 0 Å². The molecule has 0 aliphatic heterocycles. The smallest absolute Gasteiger partial charge is 0.297 e. The van der Waals surface area contributed by atoms with Gasteiger partial charge in [-0.05, 0) is 23.8 Å². The lowest BCUT2D eigenvalue weighted by atomic mass is 10.4. The SMILES string of the molecule is O=[P+](O)OP(=O)(O)O[P+](=O)O.c1ccc(P(c2ccccc2)c2ccccc2)cc1. The summed E-state index contributed by atoms with van der Waals surface area (Å²) in [5.74, 6) is 0. The summed E-state index contributed by atoms with van der Waals surface area (Å²) >= 11 is 0. The summed E-state index contributed by atoms with van der Waals surface area (Å²) in [6.45, 7) is 0. The van der Waals surface area contributed by atoms with Crippen LogP contribution in [-0.4, -0.2) is 14.7 Å². The van der Waals surface area contributed by atoms with Gasteiger partial charge in [0.2, 0.25) is 0 Å². The molecule has 0 radical (unpaired) electrons. The molecule has 3 aromatic carbocycles. The molecule has 3 aromatic rings. The molecule has 2 unspecified atom stereocenters. The van der Waals surface area contributed by atoms with E-state index in [0.717, 1.165) is 0 Å². The quantitative estimate of drug-likeness (QED) is 0.430. The maximum atomic E-state index is 10.3. The second-order valence-electron chi connectivity index (χ2n) is 5.45. The third-order valence-electron chi connectivity index (χ3n) is 3.39. The van der Waals surface area contributed by atoms with Crippen LogP contribution in [0, 0.1) is 0 Å². The first-order chi connectivity index (χ1) is 14.3. The molecule has 0 bridgehead atoms. The number of rotatable bonds is 7. The zero-order valence-electron chi connectivity index (χ0n) is 15.3. The van der Waals surface area contributed by atoms with Crippen LogP contribution in [0.1, 0.15) is 0 Å². The summed E-state index contributed by atoms with van der Waals surface area (Å²) in [7, 11) is -12.0. The van der Waals surface area contributed by atoms with Crippen LogP contribution in [0.4, 0.5) is 0 Å². The Kier molecular flexibility index (Phi) is 10.0. The molecule has 156 valence electrons. The highest BCUT2D eigenvalue weighted by Gasteiger charge is 2.43. The van der Waals surface area contributed by atoms with Crippen LogP contribution in [0.15, 0.2) is 91.0 Å². The molecule has 0 spiro atoms. The van der Waals surface area contributed by atoms with E-state index in [9.17, 15) is 13.7 Å². The maximum Gasteiger partial charge on any atom is 0.705 e. The van der Waals surface area contributed by atoms with Gasteiger partial charge in [-0.25, -0.2) is 4.57 Å². The Morgan fingerprint density at radius 2 is 0.900 bits per heavy atom. The highest BCUT2D eigenvalue weighted by Crippen LogP contribution is 2.55. The molecule has 12 heteroatoms. The third kappa shape index (κ3) is 8.59. The molecule has 8 nitrogen and oxygen atoms in total. The van der Waals surface area contributed by atoms with E-state index in [0.29, 0.717) is 0 Å². The second-order valence-corrected chi connectivity index (χ2v) is 10.9. The van der Waals surface area contributed by atoms with Gasteiger partial charge in [-0.15, -0.1) is 9.79 Å². The van der Waals surface area contributed by atoms with Gasteiger partial charge < -0.3 is 0 Å². The summed E-state index contributed by atoms with van der Waals surface area (Å²) < 4.78 is 36.4. The molecule has 3 N–H and O–H groups in total. The fourth-order valence-electron chi connectivity index (χ4n) is 2.37. The van der Waals surface area contributed by atoms with Crippen molar-refractivity contribution in [1.82, 2.24) is 0 Å². The average Bonchev–Trinajstić information content (AvgIpc) is 2.69. The first kappa shape index (κ1) is 24.6. The Bertz CT molecular complexity index is 889. The molecular formula is C18H18O8P4+2. The van der Waals surface area contributed by atoms with Gasteiger partial charge in [-0.2, -0.15) is 0 Å². The minimum Gasteiger partial charge on any atom is -0.297 e. The predicted molar refractivity (Wildman–Crippen MR) is 117 cm³/mol. The molecule has 0 aliphatic rings. The molecule has 2 atom stereocenters. The normalized spacial score (nSPS) is 13.6. The summed E-state index contributed by atoms with van der Waals surface area (Å²) in [5, 5.41) is 4.19. The summed E-state index contributed by atoms with van der Waals surface area (Å²) in [4.78, 5) is 24.1. The molecule has 30 heavy (non-hydrogen) atoms. The van der Waals surface area contributed by atoms with Crippen LogP contribution in [0.5, 0.6) is 0 Å². The third-order valence-corrected chi connectivity index (χ3v) is 8.60. The number of hydrogen-bond donors (Lipinski definition) is 3. The molecule has 0 aromatic heterocycles. The fraction of sp³-hybridized carbons (Fsp3) is 0. The zero-order chi connectivity index (χ0) is 22.0. The lowest BCUT2D eigenvalue weighted by Gasteiger charge is -2.18. The Labute approximate surface area is 176 Å². The van der Waals surface area contributed by atoms with E-state index in [-0.39, 0.29) is 0 Å². The van der Waals surface area contributed by atoms with E-state index < -0.39 is 32.3 Å². The van der Waals surface area contributed by atoms with E-state index in [1.165, 1.54) is 15.9 Å². The van der Waals surface area contributed by atoms with Crippen LogP contribution in [0.2, 0.25) is 0 Å². The van der Waals surface area contributed by atoms with E-state index in [1.54, 1.807) is 0 Å². The molecule has 0 aliphatic carbocycles. The number of benzene rings is 3. The van der Waals surface area contributed by atoms with Crippen LogP contribution >= 0.6 is 32.3 Å². The second kappa shape index (κ2) is 12.2. The van der Waals surface area contributed by atoms with Crippen molar-refractivity contribution in [3.05, 3.63) is 91.0 Å². The highest BCUT2D eigenvalue weighted by molar-refractivity contribution is 7.79. The van der Waals surface area contributed by atoms with Crippen molar-refractivity contribution in [3.8, 4) is 0 Å². The minimum absolute atomic E-state index is 0.446. The van der Waals surface area contributed by atoms with Gasteiger partial charge in [0.05, 0.1) is 0 Å². The van der Waals surface area contributed by atoms with Crippen molar-refractivity contribution < 1.29 is 37.0 Å². The molecular weight excluding hydrogens is 468 g/mol. The Morgan fingerprint density at radius 1 is 0.633 bits per heavy atom. The lowest BCUT2D eigenvalue weighted by Crippen LogP contribution is -2.20. The van der Waals surface area contributed by atoms with Gasteiger partial charge in [0.1, 0.15) is 0 Å². The van der Waals surface area contributed by atoms with Crippen molar-refractivity contribution in [2.24, 2.45) is 0 Å². The van der Waals surface area contributed by atoms with E-state index in [1.807, 2.05) is 0 Å². The summed E-state index contributed by atoms with van der Waals surface area (Å²) in [5.41, 5.74) is 0. The Balaban J connectivity index is 0.000000252. The van der Waals surface area contributed by atoms with Gasteiger partial charge in [0.15, 0.2) is 0 Å². The maximum absolute atomic E-state index is 10.3. The van der Waals surface area contributed by atoms with Crippen molar-refractivity contribution >= 4 is 48.2 Å². The average molecular weight is 486 g/mol. The lowest BCUT2D eigenvalue weighted by molar-refractivity contribution is 0.271.